The summed E-state index contributed by atoms with van der Waals surface area (Å²) in [5, 5.41) is 27.9. The van der Waals surface area contributed by atoms with E-state index in [1.807, 2.05) is 92.0 Å². The number of methoxy groups -OCH3 is 2. The van der Waals surface area contributed by atoms with Gasteiger partial charge < -0.3 is 76.0 Å². The van der Waals surface area contributed by atoms with Crippen LogP contribution in [0, 0.1) is 11.8 Å². The van der Waals surface area contributed by atoms with Gasteiger partial charge in [-0.2, -0.15) is 0 Å². The van der Waals surface area contributed by atoms with Crippen LogP contribution in [0.4, 0.5) is 40.2 Å². The predicted octanol–water partition coefficient (Wildman–Crippen LogP) is 7.40. The Hall–Kier alpha value is -13.6. The normalized spacial score (nSPS) is 17.9. The molecule has 2 saturated carbocycles. The molecule has 8 aliphatic heterocycles. The Bertz CT molecular complexity index is 6350. The number of nitrogens with one attached hydrogen (secondary N) is 6. The summed E-state index contributed by atoms with van der Waals surface area (Å²) in [5.41, 5.74) is 14.8. The van der Waals surface area contributed by atoms with E-state index in [0.29, 0.717) is 158 Å². The van der Waals surface area contributed by atoms with Crippen LogP contribution in [0.5, 0.6) is 11.8 Å². The number of nitrogens with two attached hydrogens (primary N) is 1. The number of anilines is 7. The first kappa shape index (κ1) is 85.0. The number of benzene rings is 4. The molecule has 5 amide bonds. The van der Waals surface area contributed by atoms with E-state index in [2.05, 4.69) is 119 Å². The van der Waals surface area contributed by atoms with Gasteiger partial charge in [0.1, 0.15) is 30.8 Å². The lowest BCUT2D eigenvalue weighted by atomic mass is 9.73. The van der Waals surface area contributed by atoms with Crippen molar-refractivity contribution in [3.63, 3.8) is 0 Å². The first-order chi connectivity index (χ1) is 60.0. The van der Waals surface area contributed by atoms with Crippen molar-refractivity contribution in [3.05, 3.63) is 182 Å². The number of piperidine rings is 4. The summed E-state index contributed by atoms with van der Waals surface area (Å²) in [6, 6.07) is 31.7. The van der Waals surface area contributed by atoms with Crippen LogP contribution in [0.2, 0.25) is 5.15 Å². The summed E-state index contributed by atoms with van der Waals surface area (Å²) < 4.78 is 15.9. The van der Waals surface area contributed by atoms with Crippen LogP contribution in [-0.2, 0) is 69.0 Å². The third kappa shape index (κ3) is 15.5. The summed E-state index contributed by atoms with van der Waals surface area (Å²) in [6.45, 7) is 7.34. The van der Waals surface area contributed by atoms with Gasteiger partial charge >= 0.3 is 17.1 Å². The molecule has 38 heteroatoms. The van der Waals surface area contributed by atoms with Crippen molar-refractivity contribution in [2.75, 3.05) is 116 Å². The second-order valence-electron chi connectivity index (χ2n) is 32.6. The van der Waals surface area contributed by atoms with Crippen LogP contribution < -0.4 is 72.9 Å². The monoisotopic (exact) mass is 1720 g/mol. The number of aromatic nitrogens is 16. The highest BCUT2D eigenvalue weighted by atomic mass is 35.5. The second-order valence-corrected chi connectivity index (χ2v) is 32.9. The Morgan fingerprint density at radius 3 is 1.12 bits per heavy atom. The number of nitrogens with zero attached hydrogens (tertiary/aromatic N) is 19. The molecule has 2 aliphatic carbocycles. The quantitative estimate of drug-likeness (QED) is 0.0618. The molecule has 10 aliphatic rings. The zero-order valence-corrected chi connectivity index (χ0v) is 70.0. The Morgan fingerprint density at radius 1 is 0.448 bits per heavy atom. The highest BCUT2D eigenvalue weighted by Crippen LogP contribution is 2.50. The van der Waals surface area contributed by atoms with Crippen LogP contribution in [-0.4, -0.2) is 198 Å². The molecule has 12 aromatic rings. The molecular formula is C87H97ClN26O11. The number of amides is 5. The lowest BCUT2D eigenvalue weighted by Gasteiger charge is -2.38. The molecule has 4 saturated heterocycles. The van der Waals surface area contributed by atoms with Gasteiger partial charge in [-0.1, -0.05) is 91.8 Å². The first-order valence-electron chi connectivity index (χ1n) is 41.4. The Kier molecular flexibility index (Phi) is 23.6. The van der Waals surface area contributed by atoms with Gasteiger partial charge in [-0.3, -0.25) is 42.7 Å². The molecule has 6 fully saturated rings. The van der Waals surface area contributed by atoms with Crippen LogP contribution in [0.3, 0.4) is 0 Å². The van der Waals surface area contributed by atoms with E-state index >= 15 is 0 Å². The molecule has 648 valence electrons. The van der Waals surface area contributed by atoms with Crippen molar-refractivity contribution < 1.29 is 43.3 Å². The van der Waals surface area contributed by atoms with Gasteiger partial charge in [0.05, 0.1) is 35.9 Å². The molecule has 9 N–H and O–H groups in total. The number of carboxylic acid groups (broad SMARTS) is 1. The van der Waals surface area contributed by atoms with Crippen molar-refractivity contribution in [2.24, 2.45) is 45.8 Å². The number of halogens is 1. The molecule has 37 nitrogen and oxygen atoms in total. The number of aromatic carboxylic acids is 1. The summed E-state index contributed by atoms with van der Waals surface area (Å²) in [4.78, 5) is 156. The first-order valence-corrected chi connectivity index (χ1v) is 41.7. The smallest absolute Gasteiger partial charge is 0.372 e. The molecule has 4 aromatic carbocycles. The fourth-order valence-electron chi connectivity index (χ4n) is 18.1. The zero-order chi connectivity index (χ0) is 86.5. The van der Waals surface area contributed by atoms with Crippen molar-refractivity contribution in [1.29, 1.82) is 0 Å². The molecule has 0 radical (unpaired) electrons. The van der Waals surface area contributed by atoms with E-state index in [-0.39, 0.29) is 76.2 Å². The topological polar surface area (TPSA) is 458 Å². The van der Waals surface area contributed by atoms with Crippen LogP contribution in [0.15, 0.2) is 132 Å². The van der Waals surface area contributed by atoms with Crippen LogP contribution >= 0.6 is 11.6 Å². The number of para-hydroxylation sites is 4. The maximum Gasteiger partial charge on any atom is 0.372 e. The Labute approximate surface area is 721 Å². The fourth-order valence-corrected chi connectivity index (χ4v) is 18.3. The van der Waals surface area contributed by atoms with Gasteiger partial charge in [0.15, 0.2) is 61.7 Å². The van der Waals surface area contributed by atoms with E-state index in [1.54, 1.807) is 25.7 Å². The van der Waals surface area contributed by atoms with Gasteiger partial charge in [-0.15, -0.1) is 0 Å². The zero-order valence-electron chi connectivity index (χ0n) is 69.2. The fraction of sp³-hybridized carbons (Fsp3) is 0.402. The second kappa shape index (κ2) is 34.6. The van der Waals surface area contributed by atoms with E-state index in [1.165, 1.54) is 84.5 Å². The maximum atomic E-state index is 12.9. The summed E-state index contributed by atoms with van der Waals surface area (Å²) in [5.74, 6) is 2.82. The van der Waals surface area contributed by atoms with Gasteiger partial charge in [-0.05, 0) is 155 Å². The number of hydrogen-bond donors (Lipinski definition) is 8. The van der Waals surface area contributed by atoms with Crippen molar-refractivity contribution in [1.82, 2.24) is 88.7 Å². The average molecular weight is 1720 g/mol. The molecule has 125 heavy (non-hydrogen) atoms. The molecule has 8 aromatic heterocycles. The minimum atomic E-state index is -1.11. The SMILES string of the molecule is C.COc1nc2c(Cl)ncnc2n(C)c1=O.COc1nc2c(N3CCC4(CC3)C(=O)Nc3ccccc34)ncnc2n(C)c1=O.Cn1c(C(=O)NCC2CC2)nc2c(N3CCC4(CC3)C(=O)Nc3ccccc34)ncnc21.Cn1c(C(=O)O)nc2c(N3CCC4(CC3)C(=O)Nc3ccccc34)ncnc21.NCC1CC1.O=C1Nc2ccccc2C12CCNCC2. The van der Waals surface area contributed by atoms with Gasteiger partial charge in [0.25, 0.3) is 17.7 Å². The standard InChI is InChI=1S/C23H25N7O2.C20H20N6O3.C19H18N6O3.C12H14N2O.C8H7ClN4O2.C4H9N.CH4/c1-29-18-17(28-20(29)21(31)24-12-14-6-7-14)19(26-13-25-18)30-10-8-23(9-11-30)15-4-2-3-5-16(15)27-22(23)32;1-25-15-14(24-17(29-2)18(25)27)16(22-11-21-15)26-9-7-20(8-10-26)12-5-3-4-6-13(12)23-19(20)28;1-24-14-13(23-16(24)17(26)27)15(21-10-20-14)25-8-6-19(7-9-25)11-4-2-3-5-12(11)22-18(19)28;15-11-12(5-7-13-8-6-12)9-3-1-2-4-10(9)14-11;1-13-6-4(5(9)10-3-11-6)12-7(15-2)8(13)14;5-3-4-1-2-4;/h2-5,13-14H,6-12H2,1H3,(H,24,31)(H,27,32);3-6,11H,7-10H2,1-2H3,(H,23,28);2-5,10H,6-9H2,1H3,(H,22,28)(H,26,27);1-4,13H,5-8H2,(H,14,15);3H,1-2H3;4H,1-3,5H2;1H4. The van der Waals surface area contributed by atoms with E-state index in [0.717, 1.165) is 77.8 Å². The summed E-state index contributed by atoms with van der Waals surface area (Å²) in [7, 11) is 9.42. The number of aryl methyl sites for hydroxylation is 4. The number of ether oxygens (including phenoxy) is 2. The molecule has 22 rings (SSSR count). The van der Waals surface area contributed by atoms with E-state index in [4.69, 9.17) is 26.8 Å². The Morgan fingerprint density at radius 2 is 0.768 bits per heavy atom. The lowest BCUT2D eigenvalue weighted by Crippen LogP contribution is -2.46. The largest absolute Gasteiger partial charge is 0.477 e. The minimum Gasteiger partial charge on any atom is -0.477 e. The van der Waals surface area contributed by atoms with Gasteiger partial charge in [0, 0.05) is 96.8 Å². The molecular weight excluding hydrogens is 1620 g/mol. The number of imidazole rings is 2. The van der Waals surface area contributed by atoms with Crippen LogP contribution in [0.1, 0.15) is 128 Å². The molecule has 0 atom stereocenters. The number of carbonyl (C=O) groups is 6. The van der Waals surface area contributed by atoms with Gasteiger partial charge in [-0.25, -0.2) is 64.6 Å². The highest BCUT2D eigenvalue weighted by Gasteiger charge is 2.52. The van der Waals surface area contributed by atoms with Crippen LogP contribution in [0.25, 0.3) is 44.7 Å². The maximum absolute atomic E-state index is 12.9. The Balaban J connectivity index is 0.000000116. The van der Waals surface area contributed by atoms with E-state index < -0.39 is 22.2 Å². The average Bonchev–Trinajstić information content (AvgIpc) is 1.63. The lowest BCUT2D eigenvalue weighted by molar-refractivity contribution is -0.122. The van der Waals surface area contributed by atoms with E-state index in [9.17, 15) is 43.5 Å². The number of fused-ring (bicyclic) bond motifs is 12. The van der Waals surface area contributed by atoms with Crippen molar-refractivity contribution >= 4 is 132 Å². The summed E-state index contributed by atoms with van der Waals surface area (Å²) >= 11 is 5.83. The van der Waals surface area contributed by atoms with Gasteiger partial charge in [0.2, 0.25) is 35.3 Å². The minimum absolute atomic E-state index is 0. The third-order valence-corrected chi connectivity index (χ3v) is 25.9. The van der Waals surface area contributed by atoms with Crippen molar-refractivity contribution in [2.45, 2.75) is 106 Å². The summed E-state index contributed by atoms with van der Waals surface area (Å²) in [6.07, 6.45) is 16.7. The predicted molar refractivity (Wildman–Crippen MR) is 470 cm³/mol. The number of rotatable bonds is 10. The number of hydrogen-bond acceptors (Lipinski definition) is 27. The number of carbonyl (C=O) groups excluding carboxylic acids is 5. The van der Waals surface area contributed by atoms with Crippen molar-refractivity contribution in [3.8, 4) is 11.8 Å². The molecule has 16 heterocycles. The molecule has 0 unspecified atom stereocenters. The molecule has 0 bridgehead atoms. The molecule has 4 spiro atoms. The highest BCUT2D eigenvalue weighted by molar-refractivity contribution is 6.33. The number of carboxylic acids is 1. The third-order valence-electron chi connectivity index (χ3n) is 25.6.